The molecule has 7 heteroatoms. The van der Waals surface area contributed by atoms with E-state index in [1.165, 1.54) is 13.4 Å². The number of methoxy groups -OCH3 is 2. The lowest BCUT2D eigenvalue weighted by atomic mass is 10.2. The van der Waals surface area contributed by atoms with Crippen LogP contribution >= 0.6 is 0 Å². The molecule has 0 atom stereocenters. The maximum atomic E-state index is 12.8. The minimum absolute atomic E-state index is 0.0333. The number of rotatable bonds is 7. The smallest absolute Gasteiger partial charge is 0.337 e. The van der Waals surface area contributed by atoms with Crippen LogP contribution in [0.2, 0.25) is 0 Å². The number of hydrogen-bond donors (Lipinski definition) is 0. The van der Waals surface area contributed by atoms with Gasteiger partial charge in [0.05, 0.1) is 25.2 Å². The van der Waals surface area contributed by atoms with E-state index in [4.69, 9.17) is 18.6 Å². The molecule has 0 fully saturated rings. The molecule has 1 aromatic heterocycles. The number of carbonyl (C=O) groups excluding carboxylic acids is 1. The molecule has 7 nitrogen and oxygen atoms in total. The van der Waals surface area contributed by atoms with Gasteiger partial charge in [-0.1, -0.05) is 18.2 Å². The molecule has 0 amide bonds. The van der Waals surface area contributed by atoms with Gasteiger partial charge in [-0.2, -0.15) is 0 Å². The summed E-state index contributed by atoms with van der Waals surface area (Å²) in [6, 6.07) is 18.8. The minimum Gasteiger partial charge on any atom is -0.496 e. The fraction of sp³-hybridized carbons (Fsp3) is 0.120. The zero-order valence-electron chi connectivity index (χ0n) is 17.5. The van der Waals surface area contributed by atoms with Crippen LogP contribution in [0.5, 0.6) is 23.0 Å². The fourth-order valence-electron chi connectivity index (χ4n) is 3.14. The van der Waals surface area contributed by atoms with Crippen LogP contribution < -0.4 is 19.6 Å². The molecule has 4 aromatic rings. The van der Waals surface area contributed by atoms with Crippen LogP contribution in [0.3, 0.4) is 0 Å². The number of hydrogen-bond acceptors (Lipinski definition) is 7. The monoisotopic (exact) mass is 432 g/mol. The molecule has 0 saturated carbocycles. The van der Waals surface area contributed by atoms with Crippen molar-refractivity contribution in [3.63, 3.8) is 0 Å². The van der Waals surface area contributed by atoms with Crippen molar-refractivity contribution in [3.8, 4) is 23.0 Å². The Balaban J connectivity index is 1.52. The molecule has 4 rings (SSSR count). The Hall–Kier alpha value is -4.26. The third-order valence-corrected chi connectivity index (χ3v) is 4.80. The topological polar surface area (TPSA) is 84.2 Å². The van der Waals surface area contributed by atoms with Gasteiger partial charge in [0.15, 0.2) is 0 Å². The van der Waals surface area contributed by atoms with Gasteiger partial charge in [0.1, 0.15) is 35.7 Å². The van der Waals surface area contributed by atoms with Gasteiger partial charge in [-0.25, -0.2) is 4.79 Å². The van der Waals surface area contributed by atoms with E-state index in [0.29, 0.717) is 34.6 Å². The van der Waals surface area contributed by atoms with E-state index in [2.05, 4.69) is 4.74 Å². The van der Waals surface area contributed by atoms with Crippen molar-refractivity contribution in [2.45, 2.75) is 6.61 Å². The van der Waals surface area contributed by atoms with Crippen LogP contribution in [0.25, 0.3) is 11.0 Å². The third kappa shape index (κ3) is 4.41. The predicted octanol–water partition coefficient (Wildman–Crippen LogP) is 4.96. The van der Waals surface area contributed by atoms with Gasteiger partial charge in [-0.15, -0.1) is 0 Å². The Morgan fingerprint density at radius 1 is 0.906 bits per heavy atom. The maximum absolute atomic E-state index is 12.8. The van der Waals surface area contributed by atoms with E-state index in [9.17, 15) is 9.59 Å². The van der Waals surface area contributed by atoms with E-state index in [-0.39, 0.29) is 11.2 Å². The van der Waals surface area contributed by atoms with Gasteiger partial charge in [0.2, 0.25) is 11.2 Å². The van der Waals surface area contributed by atoms with Crippen LogP contribution in [0, 0.1) is 0 Å². The molecule has 162 valence electrons. The van der Waals surface area contributed by atoms with E-state index in [1.807, 2.05) is 24.3 Å². The first-order valence-electron chi connectivity index (χ1n) is 9.75. The van der Waals surface area contributed by atoms with Gasteiger partial charge in [0, 0.05) is 11.6 Å². The predicted molar refractivity (Wildman–Crippen MR) is 118 cm³/mol. The fourth-order valence-corrected chi connectivity index (χ4v) is 3.14. The highest BCUT2D eigenvalue weighted by Crippen LogP contribution is 2.26. The second-order valence-electron chi connectivity index (χ2n) is 6.81. The van der Waals surface area contributed by atoms with Gasteiger partial charge in [-0.05, 0) is 42.5 Å². The van der Waals surface area contributed by atoms with Crippen LogP contribution in [0.1, 0.15) is 15.9 Å². The first kappa shape index (κ1) is 21.0. The summed E-state index contributed by atoms with van der Waals surface area (Å²) in [6.07, 6.45) is 1.25. The Morgan fingerprint density at radius 3 is 2.41 bits per heavy atom. The number of carbonyl (C=O) groups is 1. The molecule has 1 heterocycles. The Kier molecular flexibility index (Phi) is 6.07. The molecule has 0 radical (unpaired) electrons. The summed E-state index contributed by atoms with van der Waals surface area (Å²) in [5.74, 6) is 1.26. The molecule has 0 N–H and O–H groups in total. The molecular weight excluding hydrogens is 412 g/mol. The van der Waals surface area contributed by atoms with Crippen molar-refractivity contribution in [2.24, 2.45) is 0 Å². The number of para-hydroxylation sites is 1. The van der Waals surface area contributed by atoms with Crippen LogP contribution in [-0.2, 0) is 11.3 Å². The standard InChI is InChI=1S/C25H20O7/c1-28-21-6-4-3-5-17(21)14-30-19-11-12-20-22(13-19)31-15-23(24(20)26)32-18-9-7-16(8-10-18)25(27)29-2/h3-13,15H,14H2,1-2H3. The normalized spacial score (nSPS) is 10.6. The first-order chi connectivity index (χ1) is 15.6. The third-order valence-electron chi connectivity index (χ3n) is 4.80. The first-order valence-corrected chi connectivity index (χ1v) is 9.75. The largest absolute Gasteiger partial charge is 0.496 e. The van der Waals surface area contributed by atoms with Gasteiger partial charge < -0.3 is 23.4 Å². The number of ether oxygens (including phenoxy) is 4. The summed E-state index contributed by atoms with van der Waals surface area (Å²) in [5, 5.41) is 0.360. The molecule has 0 aliphatic carbocycles. The zero-order valence-corrected chi connectivity index (χ0v) is 17.5. The summed E-state index contributed by atoms with van der Waals surface area (Å²) in [5.41, 5.74) is 1.34. The summed E-state index contributed by atoms with van der Waals surface area (Å²) < 4.78 is 27.1. The number of esters is 1. The SMILES string of the molecule is COC(=O)c1ccc(Oc2coc3cc(OCc4ccccc4OC)ccc3c2=O)cc1. The maximum Gasteiger partial charge on any atom is 0.337 e. The highest BCUT2D eigenvalue weighted by molar-refractivity contribution is 5.89. The average Bonchev–Trinajstić information content (AvgIpc) is 2.84. The lowest BCUT2D eigenvalue weighted by Crippen LogP contribution is -2.05. The number of benzene rings is 3. The van der Waals surface area contributed by atoms with Crippen molar-refractivity contribution >= 4 is 16.9 Å². The molecule has 0 saturated heterocycles. The van der Waals surface area contributed by atoms with Crippen molar-refractivity contribution < 1.29 is 28.2 Å². The van der Waals surface area contributed by atoms with Crippen molar-refractivity contribution in [2.75, 3.05) is 14.2 Å². The Morgan fingerprint density at radius 2 is 1.66 bits per heavy atom. The number of fused-ring (bicyclic) bond motifs is 1. The summed E-state index contributed by atoms with van der Waals surface area (Å²) in [6.45, 7) is 0.308. The van der Waals surface area contributed by atoms with E-state index in [0.717, 1.165) is 11.3 Å². The molecule has 0 aliphatic heterocycles. The molecule has 0 spiro atoms. The minimum atomic E-state index is -0.453. The molecule has 0 aliphatic rings. The zero-order chi connectivity index (χ0) is 22.5. The molecule has 0 unspecified atom stereocenters. The lowest BCUT2D eigenvalue weighted by molar-refractivity contribution is 0.0600. The Labute approximate surface area is 183 Å². The average molecular weight is 432 g/mol. The lowest BCUT2D eigenvalue weighted by Gasteiger charge is -2.11. The van der Waals surface area contributed by atoms with Gasteiger partial charge in [0.25, 0.3) is 0 Å². The highest BCUT2D eigenvalue weighted by atomic mass is 16.5. The van der Waals surface area contributed by atoms with E-state index >= 15 is 0 Å². The molecular formula is C25H20O7. The van der Waals surface area contributed by atoms with Gasteiger partial charge in [-0.3, -0.25) is 4.79 Å². The summed E-state index contributed by atoms with van der Waals surface area (Å²) in [7, 11) is 2.92. The molecule has 0 bridgehead atoms. The van der Waals surface area contributed by atoms with Crippen molar-refractivity contribution in [1.82, 2.24) is 0 Å². The van der Waals surface area contributed by atoms with Crippen LogP contribution in [0.15, 0.2) is 82.2 Å². The summed E-state index contributed by atoms with van der Waals surface area (Å²) in [4.78, 5) is 24.3. The van der Waals surface area contributed by atoms with Crippen molar-refractivity contribution in [3.05, 3.63) is 94.3 Å². The molecule has 3 aromatic carbocycles. The molecule has 32 heavy (non-hydrogen) atoms. The van der Waals surface area contributed by atoms with E-state index in [1.54, 1.807) is 49.6 Å². The van der Waals surface area contributed by atoms with Crippen LogP contribution in [0.4, 0.5) is 0 Å². The Bertz CT molecular complexity index is 1310. The van der Waals surface area contributed by atoms with Crippen LogP contribution in [-0.4, -0.2) is 20.2 Å². The quantitative estimate of drug-likeness (QED) is 0.382. The second kappa shape index (κ2) is 9.26. The highest BCUT2D eigenvalue weighted by Gasteiger charge is 2.12. The van der Waals surface area contributed by atoms with Gasteiger partial charge >= 0.3 is 5.97 Å². The van der Waals surface area contributed by atoms with E-state index < -0.39 is 5.97 Å². The summed E-state index contributed by atoms with van der Waals surface area (Å²) >= 11 is 0. The second-order valence-corrected chi connectivity index (χ2v) is 6.81. The van der Waals surface area contributed by atoms with Crippen molar-refractivity contribution in [1.29, 1.82) is 0 Å².